The van der Waals surface area contributed by atoms with E-state index >= 15 is 0 Å². The smallest absolute Gasteiger partial charge is 0.134 e. The molecule has 0 unspecified atom stereocenters. The zero-order valence-electron chi connectivity index (χ0n) is 10.3. The Morgan fingerprint density at radius 2 is 2.11 bits per heavy atom. The molecule has 0 aliphatic heterocycles. The van der Waals surface area contributed by atoms with Crippen LogP contribution in [0.1, 0.15) is 16.3 Å². The number of rotatable bonds is 3. The van der Waals surface area contributed by atoms with Gasteiger partial charge in [-0.15, -0.1) is 11.3 Å². The molecule has 0 atom stereocenters. The van der Waals surface area contributed by atoms with E-state index in [2.05, 4.69) is 27.0 Å². The molecule has 0 radical (unpaired) electrons. The lowest BCUT2D eigenvalue weighted by atomic mass is 10.2. The molecule has 0 amide bonds. The summed E-state index contributed by atoms with van der Waals surface area (Å²) in [4.78, 5) is 4.32. The summed E-state index contributed by atoms with van der Waals surface area (Å²) in [6, 6.07) is 12.1. The molecule has 2 aromatic rings. The van der Waals surface area contributed by atoms with Crippen molar-refractivity contribution in [2.75, 3.05) is 0 Å². The number of halogens is 1. The van der Waals surface area contributed by atoms with Gasteiger partial charge in [0.25, 0.3) is 0 Å². The summed E-state index contributed by atoms with van der Waals surface area (Å²) in [5, 5.41) is 11.9. The van der Waals surface area contributed by atoms with E-state index in [1.54, 1.807) is 6.08 Å². The first kappa shape index (κ1) is 13.7. The van der Waals surface area contributed by atoms with Crippen molar-refractivity contribution < 1.29 is 0 Å². The van der Waals surface area contributed by atoms with Gasteiger partial charge in [-0.25, -0.2) is 4.98 Å². The maximum absolute atomic E-state index is 9.20. The van der Waals surface area contributed by atoms with Crippen LogP contribution in [0.3, 0.4) is 0 Å². The molecule has 1 aromatic heterocycles. The van der Waals surface area contributed by atoms with Gasteiger partial charge in [0.2, 0.25) is 0 Å². The number of hydrogen-bond acceptors (Lipinski definition) is 3. The highest BCUT2D eigenvalue weighted by Crippen LogP contribution is 2.23. The van der Waals surface area contributed by atoms with Gasteiger partial charge in [0, 0.05) is 15.6 Å². The van der Waals surface area contributed by atoms with Crippen molar-refractivity contribution >= 4 is 38.9 Å². The zero-order chi connectivity index (χ0) is 13.7. The van der Waals surface area contributed by atoms with Gasteiger partial charge in [-0.1, -0.05) is 46.3 Å². The molecule has 0 spiro atoms. The van der Waals surface area contributed by atoms with Crippen molar-refractivity contribution in [1.82, 2.24) is 4.98 Å². The first-order chi connectivity index (χ1) is 9.19. The number of nitriles is 1. The Hall–Kier alpha value is -1.70. The summed E-state index contributed by atoms with van der Waals surface area (Å²) in [5.74, 6) is 0. The largest absolute Gasteiger partial charge is 0.241 e. The molecule has 0 bridgehead atoms. The lowest BCUT2D eigenvalue weighted by molar-refractivity contribution is 1.24. The van der Waals surface area contributed by atoms with E-state index in [4.69, 9.17) is 0 Å². The van der Waals surface area contributed by atoms with Gasteiger partial charge >= 0.3 is 0 Å². The van der Waals surface area contributed by atoms with E-state index in [1.165, 1.54) is 11.3 Å². The van der Waals surface area contributed by atoms with Crippen LogP contribution in [0.2, 0.25) is 0 Å². The Kier molecular flexibility index (Phi) is 4.67. The standard InChI is InChI=1S/C15H11BrN2S/c1-11-10-19-15(18-11)13(9-17)8-14(16)7-12-5-3-2-4-6-12/h2-8,10H,1H3/b13-8+,14-7-. The number of benzene rings is 1. The van der Waals surface area contributed by atoms with Crippen LogP contribution in [0.4, 0.5) is 0 Å². The first-order valence-corrected chi connectivity index (χ1v) is 7.33. The number of aryl methyl sites for hydroxylation is 1. The third kappa shape index (κ3) is 3.88. The SMILES string of the molecule is Cc1csc(/C(C#N)=C/C(Br)=C/c2ccccc2)n1. The van der Waals surface area contributed by atoms with E-state index in [0.717, 1.165) is 20.7 Å². The molecule has 4 heteroatoms. The average Bonchev–Trinajstić information content (AvgIpc) is 2.83. The highest BCUT2D eigenvalue weighted by atomic mass is 79.9. The molecular formula is C15H11BrN2S. The zero-order valence-corrected chi connectivity index (χ0v) is 12.7. The second kappa shape index (κ2) is 6.46. The predicted octanol–water partition coefficient (Wildman–Crippen LogP) is 4.79. The fourth-order valence-electron chi connectivity index (χ4n) is 1.51. The van der Waals surface area contributed by atoms with Crippen molar-refractivity contribution in [1.29, 1.82) is 5.26 Å². The van der Waals surface area contributed by atoms with E-state index in [0.29, 0.717) is 5.57 Å². The Balaban J connectivity index is 2.29. The molecule has 19 heavy (non-hydrogen) atoms. The molecule has 0 aliphatic rings. The van der Waals surface area contributed by atoms with Crippen LogP contribution < -0.4 is 0 Å². The Labute approximate surface area is 124 Å². The van der Waals surface area contributed by atoms with Crippen LogP contribution in [0.15, 0.2) is 46.3 Å². The summed E-state index contributed by atoms with van der Waals surface area (Å²) in [5.41, 5.74) is 2.58. The second-order valence-corrected chi connectivity index (χ2v) is 5.68. The molecule has 2 rings (SSSR count). The monoisotopic (exact) mass is 330 g/mol. The summed E-state index contributed by atoms with van der Waals surface area (Å²) < 4.78 is 0.850. The predicted molar refractivity (Wildman–Crippen MR) is 83.8 cm³/mol. The van der Waals surface area contributed by atoms with Crippen molar-refractivity contribution in [3.05, 3.63) is 62.5 Å². The lowest BCUT2D eigenvalue weighted by Gasteiger charge is -1.95. The number of thiazole rings is 1. The van der Waals surface area contributed by atoms with Crippen molar-refractivity contribution in [3.8, 4) is 6.07 Å². The van der Waals surface area contributed by atoms with E-state index in [1.807, 2.05) is 48.7 Å². The van der Waals surface area contributed by atoms with Gasteiger partial charge < -0.3 is 0 Å². The van der Waals surface area contributed by atoms with Crippen LogP contribution in [0, 0.1) is 18.3 Å². The summed E-state index contributed by atoms with van der Waals surface area (Å²) in [7, 11) is 0. The Bertz CT molecular complexity index is 663. The van der Waals surface area contributed by atoms with Crippen molar-refractivity contribution in [2.45, 2.75) is 6.92 Å². The molecule has 1 aromatic carbocycles. The third-order valence-corrected chi connectivity index (χ3v) is 3.81. The van der Waals surface area contributed by atoms with E-state index in [-0.39, 0.29) is 0 Å². The molecule has 0 fully saturated rings. The van der Waals surface area contributed by atoms with Gasteiger partial charge in [0.1, 0.15) is 11.1 Å². The van der Waals surface area contributed by atoms with Crippen molar-refractivity contribution in [3.63, 3.8) is 0 Å². The molecular weight excluding hydrogens is 320 g/mol. The molecule has 0 saturated carbocycles. The Morgan fingerprint density at radius 3 is 2.68 bits per heavy atom. The highest BCUT2D eigenvalue weighted by Gasteiger charge is 2.05. The summed E-state index contributed by atoms with van der Waals surface area (Å²) >= 11 is 4.95. The van der Waals surface area contributed by atoms with Gasteiger partial charge in [-0.2, -0.15) is 5.26 Å². The topological polar surface area (TPSA) is 36.7 Å². The van der Waals surface area contributed by atoms with Crippen LogP contribution in [-0.4, -0.2) is 4.98 Å². The van der Waals surface area contributed by atoms with Crippen LogP contribution >= 0.6 is 27.3 Å². The Morgan fingerprint density at radius 1 is 1.37 bits per heavy atom. The van der Waals surface area contributed by atoms with Gasteiger partial charge in [-0.3, -0.25) is 0 Å². The van der Waals surface area contributed by atoms with Gasteiger partial charge in [0.15, 0.2) is 0 Å². The molecule has 0 saturated heterocycles. The normalized spacial score (nSPS) is 12.3. The average molecular weight is 331 g/mol. The highest BCUT2D eigenvalue weighted by molar-refractivity contribution is 9.12. The molecule has 0 aliphatic carbocycles. The number of nitrogens with zero attached hydrogens (tertiary/aromatic N) is 2. The number of allylic oxidation sites excluding steroid dienone is 3. The molecule has 94 valence electrons. The molecule has 2 nitrogen and oxygen atoms in total. The third-order valence-electron chi connectivity index (χ3n) is 2.36. The van der Waals surface area contributed by atoms with Crippen LogP contribution in [-0.2, 0) is 0 Å². The molecule has 1 heterocycles. The van der Waals surface area contributed by atoms with Crippen molar-refractivity contribution in [2.24, 2.45) is 0 Å². The summed E-state index contributed by atoms with van der Waals surface area (Å²) in [6.45, 7) is 1.92. The minimum Gasteiger partial charge on any atom is -0.241 e. The minimum atomic E-state index is 0.567. The fourth-order valence-corrected chi connectivity index (χ4v) is 2.76. The maximum Gasteiger partial charge on any atom is 0.134 e. The first-order valence-electron chi connectivity index (χ1n) is 5.65. The van der Waals surface area contributed by atoms with Gasteiger partial charge in [-0.05, 0) is 24.6 Å². The van der Waals surface area contributed by atoms with Gasteiger partial charge in [0.05, 0.1) is 5.57 Å². The molecule has 0 N–H and O–H groups in total. The number of hydrogen-bond donors (Lipinski definition) is 0. The maximum atomic E-state index is 9.20. The van der Waals surface area contributed by atoms with Crippen LogP contribution in [0.5, 0.6) is 0 Å². The second-order valence-electron chi connectivity index (χ2n) is 3.90. The lowest BCUT2D eigenvalue weighted by Crippen LogP contribution is -1.81. The van der Waals surface area contributed by atoms with E-state index < -0.39 is 0 Å². The fraction of sp³-hybridized carbons (Fsp3) is 0.0667. The minimum absolute atomic E-state index is 0.567. The number of aromatic nitrogens is 1. The van der Waals surface area contributed by atoms with Crippen LogP contribution in [0.25, 0.3) is 11.6 Å². The van der Waals surface area contributed by atoms with E-state index in [9.17, 15) is 5.26 Å². The quantitative estimate of drug-likeness (QED) is 0.599. The summed E-state index contributed by atoms with van der Waals surface area (Å²) in [6.07, 6.45) is 3.77.